The molecule has 2 aromatic rings. The van der Waals surface area contributed by atoms with Crippen molar-refractivity contribution in [3.05, 3.63) is 22.1 Å². The van der Waals surface area contributed by atoms with Crippen LogP contribution in [0.1, 0.15) is 6.23 Å². The van der Waals surface area contributed by atoms with Gasteiger partial charge in [-0.3, -0.25) is 0 Å². The van der Waals surface area contributed by atoms with E-state index in [1.807, 2.05) is 0 Å². The van der Waals surface area contributed by atoms with Crippen LogP contribution in [0.4, 0.5) is 0 Å². The monoisotopic (exact) mass is 363 g/mol. The molecule has 0 aromatic carbocycles. The van der Waals surface area contributed by atoms with Crippen molar-refractivity contribution in [1.29, 1.82) is 0 Å². The lowest BCUT2D eigenvalue weighted by atomic mass is 10.1. The highest BCUT2D eigenvalue weighted by Gasteiger charge is 2.44. The first-order valence-corrected chi connectivity index (χ1v) is 7.00. The lowest BCUT2D eigenvalue weighted by molar-refractivity contribution is -0.0509. The van der Waals surface area contributed by atoms with Gasteiger partial charge < -0.3 is 24.6 Å². The van der Waals surface area contributed by atoms with Gasteiger partial charge in [-0.1, -0.05) is 11.6 Å². The maximum absolute atomic E-state index is 10.1. The molecule has 7 nitrogen and oxygen atoms in total. The van der Waals surface area contributed by atoms with Gasteiger partial charge in [0.1, 0.15) is 35.4 Å². The van der Waals surface area contributed by atoms with E-state index < -0.39 is 24.5 Å². The summed E-state index contributed by atoms with van der Waals surface area (Å²) in [4.78, 5) is 8.01. The van der Waals surface area contributed by atoms with Crippen LogP contribution in [-0.2, 0) is 4.74 Å². The SMILES string of the molecule is OC[C@H]1O[C@@H](n2cc(Br)c3c(Cl)ncnc32)[C@H](O)[C@@H]1O. The number of halogens is 2. The fraction of sp³-hybridized carbons (Fsp3) is 0.455. The number of aliphatic hydroxyl groups excluding tert-OH is 3. The van der Waals surface area contributed by atoms with Gasteiger partial charge in [0.2, 0.25) is 0 Å². The highest BCUT2D eigenvalue weighted by atomic mass is 79.9. The second kappa shape index (κ2) is 5.21. The lowest BCUT2D eigenvalue weighted by Gasteiger charge is -2.17. The summed E-state index contributed by atoms with van der Waals surface area (Å²) in [5.74, 6) is 0. The number of hydrogen-bond acceptors (Lipinski definition) is 6. The number of hydrogen-bond donors (Lipinski definition) is 3. The summed E-state index contributed by atoms with van der Waals surface area (Å²) in [6, 6.07) is 0. The first kappa shape index (κ1) is 14.2. The number of aliphatic hydroxyl groups is 3. The van der Waals surface area contributed by atoms with Crippen molar-refractivity contribution >= 4 is 38.6 Å². The third-order valence-electron chi connectivity index (χ3n) is 3.31. The molecular weight excluding hydrogens is 353 g/mol. The Morgan fingerprint density at radius 2 is 2.10 bits per heavy atom. The number of aromatic nitrogens is 3. The molecule has 2 aromatic heterocycles. The zero-order chi connectivity index (χ0) is 14.4. The zero-order valence-corrected chi connectivity index (χ0v) is 12.4. The van der Waals surface area contributed by atoms with Gasteiger partial charge in [0.15, 0.2) is 6.23 Å². The average molecular weight is 365 g/mol. The van der Waals surface area contributed by atoms with E-state index in [0.29, 0.717) is 15.5 Å². The number of rotatable bonds is 2. The molecule has 1 fully saturated rings. The minimum Gasteiger partial charge on any atom is -0.394 e. The van der Waals surface area contributed by atoms with Crippen molar-refractivity contribution in [2.24, 2.45) is 0 Å². The summed E-state index contributed by atoms with van der Waals surface area (Å²) in [6.07, 6.45) is -1.10. The van der Waals surface area contributed by atoms with E-state index in [9.17, 15) is 10.2 Å². The Labute approximate surface area is 126 Å². The van der Waals surface area contributed by atoms with Crippen molar-refractivity contribution in [3.8, 4) is 0 Å². The normalized spacial score (nSPS) is 30.2. The third kappa shape index (κ3) is 2.03. The molecule has 108 valence electrons. The van der Waals surface area contributed by atoms with Crippen molar-refractivity contribution < 1.29 is 20.1 Å². The van der Waals surface area contributed by atoms with Crippen LogP contribution in [0.3, 0.4) is 0 Å². The lowest BCUT2D eigenvalue weighted by Crippen LogP contribution is -2.33. The summed E-state index contributed by atoms with van der Waals surface area (Å²) in [7, 11) is 0. The predicted molar refractivity (Wildman–Crippen MR) is 73.2 cm³/mol. The molecule has 20 heavy (non-hydrogen) atoms. The Kier molecular flexibility index (Phi) is 3.69. The van der Waals surface area contributed by atoms with Gasteiger partial charge in [0.25, 0.3) is 0 Å². The van der Waals surface area contributed by atoms with Gasteiger partial charge >= 0.3 is 0 Å². The van der Waals surface area contributed by atoms with Gasteiger partial charge in [0.05, 0.1) is 12.0 Å². The summed E-state index contributed by atoms with van der Waals surface area (Å²) in [5, 5.41) is 29.8. The summed E-state index contributed by atoms with van der Waals surface area (Å²) in [6.45, 7) is -0.384. The van der Waals surface area contributed by atoms with E-state index in [0.717, 1.165) is 0 Å². The van der Waals surface area contributed by atoms with Crippen LogP contribution < -0.4 is 0 Å². The Hall–Kier alpha value is -0.770. The first-order chi connectivity index (χ1) is 9.54. The highest BCUT2D eigenvalue weighted by Crippen LogP contribution is 2.36. The highest BCUT2D eigenvalue weighted by molar-refractivity contribution is 9.10. The second-order valence-electron chi connectivity index (χ2n) is 4.48. The van der Waals surface area contributed by atoms with Crippen molar-refractivity contribution in [1.82, 2.24) is 14.5 Å². The molecule has 0 bridgehead atoms. The van der Waals surface area contributed by atoms with Crippen LogP contribution in [0.5, 0.6) is 0 Å². The van der Waals surface area contributed by atoms with E-state index in [-0.39, 0.29) is 11.8 Å². The van der Waals surface area contributed by atoms with Crippen LogP contribution >= 0.6 is 27.5 Å². The molecule has 0 radical (unpaired) electrons. The van der Waals surface area contributed by atoms with Crippen molar-refractivity contribution in [3.63, 3.8) is 0 Å². The summed E-state index contributed by atoms with van der Waals surface area (Å²) < 4.78 is 7.67. The predicted octanol–water partition coefficient (Wildman–Crippen LogP) is 0.459. The number of nitrogens with zero attached hydrogens (tertiary/aromatic N) is 3. The van der Waals surface area contributed by atoms with Crippen LogP contribution in [0.25, 0.3) is 11.0 Å². The molecule has 1 aliphatic heterocycles. The topological polar surface area (TPSA) is 101 Å². The van der Waals surface area contributed by atoms with Crippen LogP contribution in [-0.4, -0.2) is 54.8 Å². The van der Waals surface area contributed by atoms with Crippen LogP contribution in [0.2, 0.25) is 5.15 Å². The average Bonchev–Trinajstić information content (AvgIpc) is 2.90. The standard InChI is InChI=1S/C11H11BrClN3O4/c12-4-1-16(10-6(4)9(13)14-3-15-10)11-8(19)7(18)5(2-17)20-11/h1,3,5,7-8,11,17-19H,2H2/t5-,7-,8-,11-/m1/s1. The summed E-state index contributed by atoms with van der Waals surface area (Å²) in [5.41, 5.74) is 0.465. The van der Waals surface area contributed by atoms with Crippen LogP contribution in [0, 0.1) is 0 Å². The zero-order valence-electron chi connectivity index (χ0n) is 10.0. The fourth-order valence-corrected chi connectivity index (χ4v) is 3.24. The molecule has 3 heterocycles. The van der Waals surface area contributed by atoms with E-state index in [4.69, 9.17) is 21.4 Å². The van der Waals surface area contributed by atoms with E-state index in [1.54, 1.807) is 10.8 Å². The Balaban J connectivity index is 2.10. The quantitative estimate of drug-likeness (QED) is 0.669. The molecule has 1 aliphatic rings. The molecule has 0 spiro atoms. The van der Waals surface area contributed by atoms with Gasteiger partial charge in [-0.15, -0.1) is 0 Å². The Morgan fingerprint density at radius 1 is 1.35 bits per heavy atom. The molecule has 0 aliphatic carbocycles. The molecule has 3 N–H and O–H groups in total. The molecule has 9 heteroatoms. The van der Waals surface area contributed by atoms with Gasteiger partial charge in [-0.2, -0.15) is 0 Å². The van der Waals surface area contributed by atoms with Gasteiger partial charge in [0, 0.05) is 10.7 Å². The Bertz CT molecular complexity index is 652. The molecule has 3 rings (SSSR count). The molecule has 0 amide bonds. The maximum atomic E-state index is 10.1. The number of ether oxygens (including phenoxy) is 1. The second-order valence-corrected chi connectivity index (χ2v) is 5.69. The first-order valence-electron chi connectivity index (χ1n) is 5.83. The fourth-order valence-electron chi connectivity index (χ4n) is 2.31. The third-order valence-corrected chi connectivity index (χ3v) is 4.20. The van der Waals surface area contributed by atoms with Crippen molar-refractivity contribution in [2.45, 2.75) is 24.5 Å². The van der Waals surface area contributed by atoms with Gasteiger partial charge in [-0.05, 0) is 15.9 Å². The minimum atomic E-state index is -1.18. The molecule has 0 saturated carbocycles. The van der Waals surface area contributed by atoms with E-state index in [2.05, 4.69) is 25.9 Å². The van der Waals surface area contributed by atoms with Gasteiger partial charge in [-0.25, -0.2) is 9.97 Å². The molecular formula is C11H11BrClN3O4. The maximum Gasteiger partial charge on any atom is 0.164 e. The van der Waals surface area contributed by atoms with Crippen molar-refractivity contribution in [2.75, 3.05) is 6.61 Å². The van der Waals surface area contributed by atoms with E-state index >= 15 is 0 Å². The molecule has 1 saturated heterocycles. The minimum absolute atomic E-state index is 0.271. The largest absolute Gasteiger partial charge is 0.394 e. The number of fused-ring (bicyclic) bond motifs is 1. The Morgan fingerprint density at radius 3 is 2.75 bits per heavy atom. The molecule has 0 unspecified atom stereocenters. The van der Waals surface area contributed by atoms with Crippen LogP contribution in [0.15, 0.2) is 17.0 Å². The summed E-state index contributed by atoms with van der Waals surface area (Å²) >= 11 is 9.36. The van der Waals surface area contributed by atoms with E-state index in [1.165, 1.54) is 6.33 Å². The molecule has 4 atom stereocenters. The smallest absolute Gasteiger partial charge is 0.164 e.